The number of hydrogen-bond donors (Lipinski definition) is 1. The van der Waals surface area contributed by atoms with E-state index in [4.69, 9.17) is 10.5 Å². The molecule has 2 aromatic rings. The first kappa shape index (κ1) is 14.4. The molecule has 5 nitrogen and oxygen atoms in total. The average Bonchev–Trinajstić information content (AvgIpc) is 2.42. The summed E-state index contributed by atoms with van der Waals surface area (Å²) in [4.78, 5) is 10.2. The maximum absolute atomic E-state index is 13.7. The van der Waals surface area contributed by atoms with Crippen LogP contribution in [0.3, 0.4) is 0 Å². The molecule has 0 aliphatic rings. The van der Waals surface area contributed by atoms with Gasteiger partial charge in [0.2, 0.25) is 5.75 Å². The van der Waals surface area contributed by atoms with Crippen molar-refractivity contribution in [1.29, 1.82) is 0 Å². The molecule has 0 saturated heterocycles. The van der Waals surface area contributed by atoms with Gasteiger partial charge in [0.15, 0.2) is 5.82 Å². The average molecular weight is 341 g/mol. The van der Waals surface area contributed by atoms with Gasteiger partial charge in [-0.2, -0.15) is 0 Å². The molecule has 7 heteroatoms. The number of para-hydroxylation sites is 1. The first-order valence-electron chi connectivity index (χ1n) is 5.62. The minimum Gasteiger partial charge on any atom is -0.447 e. The molecule has 2 rings (SSSR count). The van der Waals surface area contributed by atoms with Gasteiger partial charge in [-0.05, 0) is 24.3 Å². The van der Waals surface area contributed by atoms with Crippen LogP contribution in [0.5, 0.6) is 11.5 Å². The quantitative estimate of drug-likeness (QED) is 0.679. The minimum atomic E-state index is -0.801. The third-order valence-corrected chi connectivity index (χ3v) is 3.09. The molecule has 0 aliphatic carbocycles. The third kappa shape index (κ3) is 2.94. The van der Waals surface area contributed by atoms with Gasteiger partial charge in [-0.25, -0.2) is 4.39 Å². The zero-order valence-corrected chi connectivity index (χ0v) is 11.8. The van der Waals surface area contributed by atoms with Gasteiger partial charge in [0.05, 0.1) is 4.92 Å². The molecule has 0 fully saturated rings. The van der Waals surface area contributed by atoms with Crippen LogP contribution in [0, 0.1) is 15.9 Å². The number of nitro groups is 1. The molecule has 0 aromatic heterocycles. The fourth-order valence-electron chi connectivity index (χ4n) is 1.66. The van der Waals surface area contributed by atoms with E-state index in [2.05, 4.69) is 15.9 Å². The summed E-state index contributed by atoms with van der Waals surface area (Å²) in [6, 6.07) is 8.50. The Morgan fingerprint density at radius 1 is 1.35 bits per heavy atom. The highest BCUT2D eigenvalue weighted by Gasteiger charge is 2.21. The molecule has 0 atom stereocenters. The lowest BCUT2D eigenvalue weighted by atomic mass is 10.2. The van der Waals surface area contributed by atoms with Crippen molar-refractivity contribution in [1.82, 2.24) is 0 Å². The second-order valence-electron chi connectivity index (χ2n) is 3.90. The summed E-state index contributed by atoms with van der Waals surface area (Å²) >= 11 is 3.28. The van der Waals surface area contributed by atoms with E-state index in [-0.39, 0.29) is 12.3 Å². The van der Waals surface area contributed by atoms with Crippen molar-refractivity contribution in [2.75, 3.05) is 0 Å². The van der Waals surface area contributed by atoms with E-state index in [1.807, 2.05) is 0 Å². The lowest BCUT2D eigenvalue weighted by Crippen LogP contribution is -2.01. The predicted molar refractivity (Wildman–Crippen MR) is 75.2 cm³/mol. The van der Waals surface area contributed by atoms with Gasteiger partial charge in [0, 0.05) is 22.6 Å². The molecular formula is C13H10BrFN2O3. The normalized spacial score (nSPS) is 10.3. The molecule has 0 saturated carbocycles. The van der Waals surface area contributed by atoms with Crippen LogP contribution < -0.4 is 10.5 Å². The van der Waals surface area contributed by atoms with E-state index in [0.717, 1.165) is 10.5 Å². The van der Waals surface area contributed by atoms with Crippen LogP contribution in [-0.4, -0.2) is 4.92 Å². The topological polar surface area (TPSA) is 78.4 Å². The Balaban J connectivity index is 2.47. The summed E-state index contributed by atoms with van der Waals surface area (Å²) in [6.07, 6.45) is 0. The van der Waals surface area contributed by atoms with Crippen molar-refractivity contribution in [3.05, 3.63) is 62.4 Å². The van der Waals surface area contributed by atoms with E-state index in [9.17, 15) is 14.5 Å². The Kier molecular flexibility index (Phi) is 4.31. The van der Waals surface area contributed by atoms with Crippen LogP contribution in [0.25, 0.3) is 0 Å². The molecule has 104 valence electrons. The monoisotopic (exact) mass is 340 g/mol. The van der Waals surface area contributed by atoms with Crippen molar-refractivity contribution in [2.45, 2.75) is 6.54 Å². The van der Waals surface area contributed by atoms with Crippen LogP contribution in [0.15, 0.2) is 40.9 Å². The van der Waals surface area contributed by atoms with Gasteiger partial charge in [0.25, 0.3) is 0 Å². The Labute approximate surface area is 122 Å². The molecule has 0 unspecified atom stereocenters. The number of nitro benzene ring substituents is 1. The standard InChI is InChI=1S/C13H10BrFN2O3/c14-9-4-5-12(8(6-9)7-16)20-13-10(15)2-1-3-11(13)17(18)19/h1-6H,7,16H2. The second-order valence-corrected chi connectivity index (χ2v) is 4.82. The summed E-state index contributed by atoms with van der Waals surface area (Å²) in [5.74, 6) is -0.941. The lowest BCUT2D eigenvalue weighted by Gasteiger charge is -2.11. The maximum Gasteiger partial charge on any atom is 0.314 e. The number of halogens is 2. The number of rotatable bonds is 4. The van der Waals surface area contributed by atoms with Gasteiger partial charge in [-0.15, -0.1) is 0 Å². The number of hydrogen-bond acceptors (Lipinski definition) is 4. The zero-order chi connectivity index (χ0) is 14.7. The van der Waals surface area contributed by atoms with Crippen molar-refractivity contribution in [3.8, 4) is 11.5 Å². The molecule has 0 spiro atoms. The highest BCUT2D eigenvalue weighted by atomic mass is 79.9. The fourth-order valence-corrected chi connectivity index (χ4v) is 2.07. The van der Waals surface area contributed by atoms with Gasteiger partial charge in [-0.1, -0.05) is 22.0 Å². The minimum absolute atomic E-state index is 0.164. The third-order valence-electron chi connectivity index (χ3n) is 2.60. The summed E-state index contributed by atoms with van der Waals surface area (Å²) in [5.41, 5.74) is 5.75. The molecule has 2 aromatic carbocycles. The maximum atomic E-state index is 13.7. The van der Waals surface area contributed by atoms with Gasteiger partial charge in [0.1, 0.15) is 5.75 Å². The summed E-state index contributed by atoms with van der Waals surface area (Å²) in [5, 5.41) is 10.9. The van der Waals surface area contributed by atoms with Crippen molar-refractivity contribution < 1.29 is 14.1 Å². The van der Waals surface area contributed by atoms with Crippen LogP contribution in [0.4, 0.5) is 10.1 Å². The van der Waals surface area contributed by atoms with Gasteiger partial charge < -0.3 is 10.5 Å². The number of ether oxygens (including phenoxy) is 1. The second kappa shape index (κ2) is 5.98. The highest BCUT2D eigenvalue weighted by Crippen LogP contribution is 2.35. The zero-order valence-electron chi connectivity index (χ0n) is 10.2. The summed E-state index contributed by atoms with van der Waals surface area (Å²) in [7, 11) is 0. The first-order chi connectivity index (χ1) is 9.52. The van der Waals surface area contributed by atoms with E-state index in [1.165, 1.54) is 12.1 Å². The molecular weight excluding hydrogens is 331 g/mol. The van der Waals surface area contributed by atoms with Crippen molar-refractivity contribution in [2.24, 2.45) is 5.73 Å². The lowest BCUT2D eigenvalue weighted by molar-refractivity contribution is -0.385. The Bertz CT molecular complexity index is 664. The van der Waals surface area contributed by atoms with E-state index in [0.29, 0.717) is 5.56 Å². The molecule has 0 bridgehead atoms. The molecule has 0 heterocycles. The number of benzene rings is 2. The van der Waals surface area contributed by atoms with E-state index in [1.54, 1.807) is 18.2 Å². The van der Waals surface area contributed by atoms with Crippen molar-refractivity contribution >= 4 is 21.6 Å². The SMILES string of the molecule is NCc1cc(Br)ccc1Oc1c(F)cccc1[N+](=O)[O-]. The van der Waals surface area contributed by atoms with Crippen LogP contribution in [-0.2, 0) is 6.54 Å². The van der Waals surface area contributed by atoms with Crippen molar-refractivity contribution in [3.63, 3.8) is 0 Å². The fraction of sp³-hybridized carbons (Fsp3) is 0.0769. The highest BCUT2D eigenvalue weighted by molar-refractivity contribution is 9.10. The molecule has 0 amide bonds. The predicted octanol–water partition coefficient (Wildman–Crippen LogP) is 3.75. The molecule has 0 radical (unpaired) electrons. The number of nitrogens with two attached hydrogens (primary N) is 1. The van der Waals surface area contributed by atoms with E-state index >= 15 is 0 Å². The number of nitrogens with zero attached hydrogens (tertiary/aromatic N) is 1. The van der Waals surface area contributed by atoms with Gasteiger partial charge >= 0.3 is 5.69 Å². The van der Waals surface area contributed by atoms with Crippen LogP contribution in [0.2, 0.25) is 0 Å². The Morgan fingerprint density at radius 2 is 2.10 bits per heavy atom. The van der Waals surface area contributed by atoms with Crippen LogP contribution >= 0.6 is 15.9 Å². The molecule has 20 heavy (non-hydrogen) atoms. The first-order valence-corrected chi connectivity index (χ1v) is 6.41. The smallest absolute Gasteiger partial charge is 0.314 e. The molecule has 2 N–H and O–H groups in total. The molecule has 0 aliphatic heterocycles. The van der Waals surface area contributed by atoms with Crippen LogP contribution in [0.1, 0.15) is 5.56 Å². The Hall–Kier alpha value is -1.99. The summed E-state index contributed by atoms with van der Waals surface area (Å²) < 4.78 is 19.9. The van der Waals surface area contributed by atoms with Gasteiger partial charge in [-0.3, -0.25) is 10.1 Å². The summed E-state index contributed by atoms with van der Waals surface area (Å²) in [6.45, 7) is 0.164. The largest absolute Gasteiger partial charge is 0.447 e. The Morgan fingerprint density at radius 3 is 2.75 bits per heavy atom. The van der Waals surface area contributed by atoms with E-state index < -0.39 is 22.2 Å².